The van der Waals surface area contributed by atoms with Crippen LogP contribution >= 0.6 is 12.4 Å². The number of hydrogen-bond donors (Lipinski definition) is 2. The summed E-state index contributed by atoms with van der Waals surface area (Å²) in [4.78, 5) is 26.7. The molecule has 0 radical (unpaired) electrons. The first-order chi connectivity index (χ1) is 13.5. The number of carbonyl (C=O) groups is 2. The van der Waals surface area contributed by atoms with E-state index in [9.17, 15) is 9.59 Å². The number of benzene rings is 1. The average Bonchev–Trinajstić information content (AvgIpc) is 2.72. The van der Waals surface area contributed by atoms with Crippen molar-refractivity contribution in [2.45, 2.75) is 39.5 Å². The summed E-state index contributed by atoms with van der Waals surface area (Å²) in [5, 5.41) is 6.27. The number of halogens is 1. The molecule has 0 aliphatic carbocycles. The van der Waals surface area contributed by atoms with Crippen molar-refractivity contribution in [3.8, 4) is 5.75 Å². The van der Waals surface area contributed by atoms with Gasteiger partial charge in [-0.3, -0.25) is 9.59 Å². The topological polar surface area (TPSA) is 70.7 Å². The summed E-state index contributed by atoms with van der Waals surface area (Å²) in [5.74, 6) is 0.653. The lowest BCUT2D eigenvalue weighted by atomic mass is 10.0. The lowest BCUT2D eigenvalue weighted by molar-refractivity contribution is -0.134. The van der Waals surface area contributed by atoms with Gasteiger partial charge in [-0.05, 0) is 69.3 Å². The highest BCUT2D eigenvalue weighted by atomic mass is 35.5. The molecule has 1 saturated heterocycles. The molecule has 2 aliphatic rings. The summed E-state index contributed by atoms with van der Waals surface area (Å²) >= 11 is 0. The van der Waals surface area contributed by atoms with Gasteiger partial charge in [-0.25, -0.2) is 0 Å². The third kappa shape index (κ3) is 6.47. The Kier molecular flexibility index (Phi) is 8.99. The van der Waals surface area contributed by atoms with Crippen LogP contribution in [0.5, 0.6) is 5.75 Å². The highest BCUT2D eigenvalue weighted by Gasteiger charge is 2.18. The quantitative estimate of drug-likeness (QED) is 0.693. The van der Waals surface area contributed by atoms with Gasteiger partial charge in [0.15, 0.2) is 6.61 Å². The molecule has 0 saturated carbocycles. The van der Waals surface area contributed by atoms with Crippen LogP contribution in [0.3, 0.4) is 0 Å². The van der Waals surface area contributed by atoms with Gasteiger partial charge >= 0.3 is 0 Å². The molecule has 1 aromatic rings. The molecule has 2 aliphatic heterocycles. The molecule has 0 spiro atoms. The highest BCUT2D eigenvalue weighted by molar-refractivity contribution is 5.95. The van der Waals surface area contributed by atoms with E-state index in [1.165, 1.54) is 12.0 Å². The molecular weight excluding hydrogens is 390 g/mol. The Morgan fingerprint density at radius 3 is 2.45 bits per heavy atom. The maximum atomic E-state index is 12.5. The zero-order chi connectivity index (χ0) is 19.9. The largest absolute Gasteiger partial charge is 0.483 e. The monoisotopic (exact) mass is 421 g/mol. The van der Waals surface area contributed by atoms with Gasteiger partial charge in [0.1, 0.15) is 5.75 Å². The molecule has 2 N–H and O–H groups in total. The van der Waals surface area contributed by atoms with E-state index in [1.807, 2.05) is 30.9 Å². The average molecular weight is 422 g/mol. The number of nitrogens with one attached hydrogen (secondary N) is 2. The van der Waals surface area contributed by atoms with Crippen LogP contribution in [0.1, 0.15) is 47.2 Å². The Bertz CT molecular complexity index is 735. The number of rotatable bonds is 6. The summed E-state index contributed by atoms with van der Waals surface area (Å²) in [5.41, 5.74) is 3.63. The fourth-order valence-electron chi connectivity index (χ4n) is 3.80. The molecular formula is C22H32ClN3O3. The van der Waals surface area contributed by atoms with Gasteiger partial charge in [0.25, 0.3) is 11.8 Å². The van der Waals surface area contributed by atoms with Crippen molar-refractivity contribution in [3.63, 3.8) is 0 Å². The molecule has 6 nitrogen and oxygen atoms in total. The summed E-state index contributed by atoms with van der Waals surface area (Å²) in [6, 6.07) is 3.67. The van der Waals surface area contributed by atoms with Crippen LogP contribution in [0.4, 0.5) is 0 Å². The molecule has 1 aromatic carbocycles. The number of carbonyl (C=O) groups excluding carboxylic acids is 2. The number of amides is 2. The van der Waals surface area contributed by atoms with Crippen molar-refractivity contribution in [1.29, 1.82) is 0 Å². The summed E-state index contributed by atoms with van der Waals surface area (Å²) in [6.07, 6.45) is 6.44. The Labute approximate surface area is 179 Å². The molecule has 2 amide bonds. The number of nitrogens with zero attached hydrogens (tertiary/aromatic N) is 1. The molecule has 0 unspecified atom stereocenters. The smallest absolute Gasteiger partial charge is 0.260 e. The Morgan fingerprint density at radius 1 is 1.14 bits per heavy atom. The van der Waals surface area contributed by atoms with Crippen LogP contribution in [0.25, 0.3) is 0 Å². The molecule has 3 rings (SSSR count). The minimum Gasteiger partial charge on any atom is -0.483 e. The first-order valence-electron chi connectivity index (χ1n) is 10.2. The minimum atomic E-state index is -0.0819. The third-order valence-corrected chi connectivity index (χ3v) is 5.41. The molecule has 0 aromatic heterocycles. The Morgan fingerprint density at radius 2 is 1.83 bits per heavy atom. The van der Waals surface area contributed by atoms with Crippen molar-refractivity contribution >= 4 is 24.2 Å². The zero-order valence-electron chi connectivity index (χ0n) is 17.4. The molecule has 0 atom stereocenters. The van der Waals surface area contributed by atoms with Gasteiger partial charge in [0.05, 0.1) is 0 Å². The van der Waals surface area contributed by atoms with Gasteiger partial charge < -0.3 is 20.3 Å². The van der Waals surface area contributed by atoms with Crippen LogP contribution in [-0.2, 0) is 4.79 Å². The third-order valence-electron chi connectivity index (χ3n) is 5.41. The predicted molar refractivity (Wildman–Crippen MR) is 117 cm³/mol. The molecule has 7 heteroatoms. The van der Waals surface area contributed by atoms with Gasteiger partial charge in [0, 0.05) is 31.7 Å². The van der Waals surface area contributed by atoms with Crippen LogP contribution in [0, 0.1) is 13.8 Å². The molecule has 2 heterocycles. The van der Waals surface area contributed by atoms with Crippen LogP contribution in [-0.4, -0.2) is 56.0 Å². The Hall–Kier alpha value is -2.05. The maximum absolute atomic E-state index is 12.5. The van der Waals surface area contributed by atoms with Gasteiger partial charge in [-0.2, -0.15) is 0 Å². The number of ether oxygens (including phenoxy) is 1. The van der Waals surface area contributed by atoms with Crippen molar-refractivity contribution in [2.24, 2.45) is 0 Å². The fraction of sp³-hybridized carbons (Fsp3) is 0.545. The summed E-state index contributed by atoms with van der Waals surface area (Å²) < 4.78 is 5.83. The number of likely N-dealkylation sites (tertiary alicyclic amines) is 1. The number of aryl methyl sites for hydroxylation is 2. The second-order valence-electron chi connectivity index (χ2n) is 7.67. The van der Waals surface area contributed by atoms with E-state index >= 15 is 0 Å². The number of hydrogen-bond acceptors (Lipinski definition) is 4. The maximum Gasteiger partial charge on any atom is 0.260 e. The first-order valence-corrected chi connectivity index (χ1v) is 10.2. The van der Waals surface area contributed by atoms with E-state index in [-0.39, 0.29) is 30.8 Å². The van der Waals surface area contributed by atoms with Crippen LogP contribution < -0.4 is 15.4 Å². The van der Waals surface area contributed by atoms with Gasteiger partial charge in [-0.15, -0.1) is 12.4 Å². The zero-order valence-corrected chi connectivity index (χ0v) is 18.2. The second-order valence-corrected chi connectivity index (χ2v) is 7.67. The van der Waals surface area contributed by atoms with Crippen molar-refractivity contribution in [1.82, 2.24) is 15.5 Å². The molecule has 160 valence electrons. The molecule has 1 fully saturated rings. The SMILES string of the molecule is Cc1cc(C(=O)NCC2=CCNCC2)cc(C)c1OCC(=O)N1CCCCC1.Cl. The normalized spacial score (nSPS) is 16.5. The lowest BCUT2D eigenvalue weighted by Gasteiger charge is -2.26. The van der Waals surface area contributed by atoms with E-state index in [0.717, 1.165) is 56.6 Å². The van der Waals surface area contributed by atoms with Gasteiger partial charge in [0.2, 0.25) is 0 Å². The van der Waals surface area contributed by atoms with E-state index in [1.54, 1.807) is 0 Å². The van der Waals surface area contributed by atoms with Crippen molar-refractivity contribution < 1.29 is 14.3 Å². The highest BCUT2D eigenvalue weighted by Crippen LogP contribution is 2.25. The Balaban J connectivity index is 0.00000300. The van der Waals surface area contributed by atoms with E-state index in [0.29, 0.717) is 17.9 Å². The van der Waals surface area contributed by atoms with Crippen molar-refractivity contribution in [3.05, 3.63) is 40.5 Å². The van der Waals surface area contributed by atoms with Crippen LogP contribution in [0.15, 0.2) is 23.8 Å². The first kappa shape index (κ1) is 23.2. The minimum absolute atomic E-state index is 0. The summed E-state index contributed by atoms with van der Waals surface area (Å²) in [7, 11) is 0. The lowest BCUT2D eigenvalue weighted by Crippen LogP contribution is -2.38. The molecule has 0 bridgehead atoms. The van der Waals surface area contributed by atoms with Gasteiger partial charge in [-0.1, -0.05) is 11.6 Å². The second kappa shape index (κ2) is 11.2. The molecule has 29 heavy (non-hydrogen) atoms. The predicted octanol–water partition coefficient (Wildman–Crippen LogP) is 2.77. The number of piperidine rings is 1. The standard InChI is InChI=1S/C22H31N3O3.ClH/c1-16-12-19(22(27)24-14-18-6-8-23-9-7-18)13-17(2)21(16)28-15-20(26)25-10-4-3-5-11-25;/h6,12-13,23H,3-5,7-11,14-15H2,1-2H3,(H,24,27);1H. The van der Waals surface area contributed by atoms with E-state index in [4.69, 9.17) is 4.74 Å². The fourth-order valence-corrected chi connectivity index (χ4v) is 3.80. The van der Waals surface area contributed by atoms with E-state index in [2.05, 4.69) is 16.7 Å². The van der Waals surface area contributed by atoms with Crippen molar-refractivity contribution in [2.75, 3.05) is 39.3 Å². The van der Waals surface area contributed by atoms with Crippen LogP contribution in [0.2, 0.25) is 0 Å². The summed E-state index contributed by atoms with van der Waals surface area (Å²) in [6.45, 7) is 7.95. The van der Waals surface area contributed by atoms with E-state index < -0.39 is 0 Å².